The molecule has 0 aromatic rings. The third-order valence-corrected chi connectivity index (χ3v) is 3.05. The second-order valence-electron chi connectivity index (χ2n) is 3.06. The topological polar surface area (TPSA) is 26.3 Å². The smallest absolute Gasteiger partial charge is 0.306 e. The first-order chi connectivity index (χ1) is 5.16. The molecule has 0 amide bonds. The molecule has 1 aliphatic heterocycles. The monoisotopic (exact) mass is 174 g/mol. The van der Waals surface area contributed by atoms with Gasteiger partial charge in [0.05, 0.1) is 0 Å². The Morgan fingerprint density at radius 2 is 2.45 bits per heavy atom. The van der Waals surface area contributed by atoms with E-state index in [1.165, 1.54) is 0 Å². The van der Waals surface area contributed by atoms with Crippen LogP contribution in [0.25, 0.3) is 0 Å². The highest BCUT2D eigenvalue weighted by Crippen LogP contribution is 2.29. The first kappa shape index (κ1) is 8.91. The molecule has 1 heterocycles. The Kier molecular flexibility index (Phi) is 2.82. The molecule has 0 N–H and O–H groups in total. The van der Waals surface area contributed by atoms with E-state index < -0.39 is 0 Å². The van der Waals surface area contributed by atoms with E-state index in [0.717, 1.165) is 17.9 Å². The van der Waals surface area contributed by atoms with Gasteiger partial charge in [-0.25, -0.2) is 0 Å². The Morgan fingerprint density at radius 1 is 1.73 bits per heavy atom. The molecule has 64 valence electrons. The van der Waals surface area contributed by atoms with Gasteiger partial charge in [-0.2, -0.15) is 11.8 Å². The van der Waals surface area contributed by atoms with Crippen LogP contribution in [0.5, 0.6) is 0 Å². The van der Waals surface area contributed by atoms with Crippen LogP contribution < -0.4 is 0 Å². The molecule has 0 radical (unpaired) electrons. The fourth-order valence-corrected chi connectivity index (χ4v) is 2.00. The highest BCUT2D eigenvalue weighted by molar-refractivity contribution is 7.99. The summed E-state index contributed by atoms with van der Waals surface area (Å²) in [4.78, 5) is 10.8. The largest absolute Gasteiger partial charge is 0.458 e. The Balaban J connectivity index is 2.35. The molecule has 0 saturated carbocycles. The lowest BCUT2D eigenvalue weighted by atomic mass is 10.1. The zero-order valence-electron chi connectivity index (χ0n) is 7.05. The van der Waals surface area contributed by atoms with E-state index in [1.807, 2.05) is 18.7 Å². The maximum absolute atomic E-state index is 10.8. The first-order valence-electron chi connectivity index (χ1n) is 3.96. The van der Waals surface area contributed by atoms with Crippen molar-refractivity contribution in [2.45, 2.75) is 32.3 Å². The molecular weight excluding hydrogens is 160 g/mol. The number of carbonyl (C=O) groups excluding carboxylic acids is 1. The number of cyclic esters (lactones) is 1. The van der Waals surface area contributed by atoms with E-state index in [4.69, 9.17) is 4.74 Å². The lowest BCUT2D eigenvalue weighted by Crippen LogP contribution is -2.27. The highest BCUT2D eigenvalue weighted by atomic mass is 32.2. The van der Waals surface area contributed by atoms with Gasteiger partial charge in [0.2, 0.25) is 0 Å². The van der Waals surface area contributed by atoms with E-state index in [-0.39, 0.29) is 11.6 Å². The first-order valence-corrected chi connectivity index (χ1v) is 5.11. The summed E-state index contributed by atoms with van der Waals surface area (Å²) in [7, 11) is 0. The van der Waals surface area contributed by atoms with Gasteiger partial charge in [0, 0.05) is 12.2 Å². The quantitative estimate of drug-likeness (QED) is 0.611. The Hall–Kier alpha value is -0.180. The summed E-state index contributed by atoms with van der Waals surface area (Å²) in [5, 5.41) is 0. The molecule has 0 spiro atoms. The van der Waals surface area contributed by atoms with Gasteiger partial charge in [0.25, 0.3) is 0 Å². The van der Waals surface area contributed by atoms with Crippen LogP contribution in [-0.2, 0) is 9.53 Å². The number of esters is 1. The molecule has 2 nitrogen and oxygen atoms in total. The molecule has 1 fully saturated rings. The summed E-state index contributed by atoms with van der Waals surface area (Å²) in [6.07, 6.45) is 1.49. The van der Waals surface area contributed by atoms with Crippen molar-refractivity contribution in [1.29, 1.82) is 0 Å². The van der Waals surface area contributed by atoms with Crippen molar-refractivity contribution < 1.29 is 9.53 Å². The van der Waals surface area contributed by atoms with Gasteiger partial charge < -0.3 is 4.74 Å². The number of ether oxygens (including phenoxy) is 1. The Labute approximate surface area is 71.7 Å². The molecule has 0 aliphatic carbocycles. The zero-order chi connectivity index (χ0) is 8.32. The van der Waals surface area contributed by atoms with Crippen LogP contribution >= 0.6 is 11.8 Å². The third kappa shape index (κ3) is 2.40. The van der Waals surface area contributed by atoms with Crippen molar-refractivity contribution in [3.05, 3.63) is 0 Å². The summed E-state index contributed by atoms with van der Waals surface area (Å²) < 4.78 is 5.19. The fourth-order valence-electron chi connectivity index (χ4n) is 1.16. The van der Waals surface area contributed by atoms with Gasteiger partial charge in [-0.1, -0.05) is 6.92 Å². The van der Waals surface area contributed by atoms with E-state index in [0.29, 0.717) is 6.42 Å². The van der Waals surface area contributed by atoms with Crippen molar-refractivity contribution in [2.75, 3.05) is 11.5 Å². The van der Waals surface area contributed by atoms with Crippen LogP contribution in [0, 0.1) is 0 Å². The van der Waals surface area contributed by atoms with Gasteiger partial charge in [-0.3, -0.25) is 4.79 Å². The number of rotatable bonds is 3. The average molecular weight is 174 g/mol. The predicted octanol–water partition coefficient (Wildman–Crippen LogP) is 1.84. The Bertz CT molecular complexity index is 158. The summed E-state index contributed by atoms with van der Waals surface area (Å²) in [6, 6.07) is 0. The number of carbonyl (C=O) groups is 1. The second-order valence-corrected chi connectivity index (χ2v) is 4.34. The molecule has 1 rings (SSSR count). The van der Waals surface area contributed by atoms with Gasteiger partial charge in [-0.15, -0.1) is 0 Å². The average Bonchev–Trinajstić information content (AvgIpc) is 2.28. The molecule has 11 heavy (non-hydrogen) atoms. The normalized spacial score (nSPS) is 30.5. The van der Waals surface area contributed by atoms with E-state index in [9.17, 15) is 4.79 Å². The van der Waals surface area contributed by atoms with E-state index >= 15 is 0 Å². The number of hydrogen-bond donors (Lipinski definition) is 0. The summed E-state index contributed by atoms with van der Waals surface area (Å²) in [6.45, 7) is 4.13. The molecule has 3 heteroatoms. The molecular formula is C8H14O2S. The van der Waals surface area contributed by atoms with Crippen molar-refractivity contribution in [2.24, 2.45) is 0 Å². The molecule has 0 bridgehead atoms. The van der Waals surface area contributed by atoms with Crippen molar-refractivity contribution in [1.82, 2.24) is 0 Å². The molecule has 1 atom stereocenters. The van der Waals surface area contributed by atoms with E-state index in [2.05, 4.69) is 6.92 Å². The third-order valence-electron chi connectivity index (χ3n) is 1.83. The fraction of sp³-hybridized carbons (Fsp3) is 0.875. The SMILES string of the molecule is CCSCC1(C)CCC(=O)O1. The van der Waals surface area contributed by atoms with Crippen LogP contribution in [0.1, 0.15) is 26.7 Å². The minimum Gasteiger partial charge on any atom is -0.458 e. The molecule has 1 saturated heterocycles. The summed E-state index contributed by atoms with van der Waals surface area (Å²) in [5.74, 6) is 1.99. The van der Waals surface area contributed by atoms with Crippen molar-refractivity contribution in [3.63, 3.8) is 0 Å². The summed E-state index contributed by atoms with van der Waals surface area (Å²) in [5.41, 5.74) is -0.169. The number of thioether (sulfide) groups is 1. The van der Waals surface area contributed by atoms with Crippen LogP contribution in [-0.4, -0.2) is 23.1 Å². The predicted molar refractivity (Wildman–Crippen MR) is 46.7 cm³/mol. The van der Waals surface area contributed by atoms with Crippen molar-refractivity contribution in [3.8, 4) is 0 Å². The minimum atomic E-state index is -0.169. The van der Waals surface area contributed by atoms with Crippen LogP contribution in [0.2, 0.25) is 0 Å². The Morgan fingerprint density at radius 3 is 2.91 bits per heavy atom. The second kappa shape index (κ2) is 3.48. The lowest BCUT2D eigenvalue weighted by Gasteiger charge is -2.21. The standard InChI is InChI=1S/C8H14O2S/c1-3-11-6-8(2)5-4-7(9)10-8/h3-6H2,1-2H3. The molecule has 1 unspecified atom stereocenters. The molecule has 0 aromatic heterocycles. The minimum absolute atomic E-state index is 0.0378. The van der Waals surface area contributed by atoms with Crippen LogP contribution in [0.4, 0.5) is 0 Å². The van der Waals surface area contributed by atoms with Gasteiger partial charge in [-0.05, 0) is 19.1 Å². The van der Waals surface area contributed by atoms with Gasteiger partial charge in [0.15, 0.2) is 0 Å². The molecule has 1 aliphatic rings. The lowest BCUT2D eigenvalue weighted by molar-refractivity contribution is -0.145. The highest BCUT2D eigenvalue weighted by Gasteiger charge is 2.35. The molecule has 0 aromatic carbocycles. The number of hydrogen-bond acceptors (Lipinski definition) is 3. The van der Waals surface area contributed by atoms with Crippen LogP contribution in [0.15, 0.2) is 0 Å². The maximum Gasteiger partial charge on any atom is 0.306 e. The van der Waals surface area contributed by atoms with E-state index in [1.54, 1.807) is 0 Å². The summed E-state index contributed by atoms with van der Waals surface area (Å²) >= 11 is 1.83. The van der Waals surface area contributed by atoms with Gasteiger partial charge >= 0.3 is 5.97 Å². The zero-order valence-corrected chi connectivity index (χ0v) is 7.87. The maximum atomic E-state index is 10.8. The van der Waals surface area contributed by atoms with Crippen molar-refractivity contribution >= 4 is 17.7 Å². The van der Waals surface area contributed by atoms with Crippen LogP contribution in [0.3, 0.4) is 0 Å². The van der Waals surface area contributed by atoms with Gasteiger partial charge in [0.1, 0.15) is 5.60 Å².